The molecule has 0 bridgehead atoms. The molecule has 5 nitrogen and oxygen atoms in total. The van der Waals surface area contributed by atoms with E-state index in [1.807, 2.05) is 12.3 Å². The van der Waals surface area contributed by atoms with E-state index in [0.717, 1.165) is 29.7 Å². The summed E-state index contributed by atoms with van der Waals surface area (Å²) in [5.74, 6) is 0.205. The largest absolute Gasteiger partial charge is 0.481 e. The zero-order valence-electron chi connectivity index (χ0n) is 16.3. The fourth-order valence-electron chi connectivity index (χ4n) is 2.82. The Morgan fingerprint density at radius 3 is 2.75 bits per heavy atom. The summed E-state index contributed by atoms with van der Waals surface area (Å²) in [6, 6.07) is 3.32. The van der Waals surface area contributed by atoms with Crippen LogP contribution >= 0.6 is 11.3 Å². The summed E-state index contributed by atoms with van der Waals surface area (Å²) in [5.41, 5.74) is 5.62. The molecule has 0 radical (unpaired) electrons. The van der Waals surface area contributed by atoms with Gasteiger partial charge in [0.15, 0.2) is 5.13 Å². The van der Waals surface area contributed by atoms with Crippen molar-refractivity contribution < 1.29 is 9.53 Å². The molecule has 0 unspecified atom stereocenters. The average molecular weight is 394 g/mol. The molecule has 2 aromatic rings. The minimum Gasteiger partial charge on any atom is -0.481 e. The monoisotopic (exact) mass is 393 g/mol. The van der Waals surface area contributed by atoms with Crippen LogP contribution in [-0.2, 0) is 0 Å². The molecule has 0 atom stereocenters. The second-order valence-electron chi connectivity index (χ2n) is 6.54. The Morgan fingerprint density at radius 2 is 2.11 bits per heavy atom. The standard InChI is InChI=1S/C22H23N3O2S/c1-14(2)18(11-16-8-6-5-7-15(16)3)19-13-28-22(24-19)25-21(26)17-9-10-20(27-4)23-12-17/h7-13H,1,5-6H2,2-4H3,(H,24,25,26)/b18-11+. The van der Waals surface area contributed by atoms with E-state index >= 15 is 0 Å². The summed E-state index contributed by atoms with van der Waals surface area (Å²) in [6.45, 7) is 8.18. The van der Waals surface area contributed by atoms with Crippen LogP contribution in [0.15, 0.2) is 65.2 Å². The Hall–Kier alpha value is -2.99. The number of thiazole rings is 1. The van der Waals surface area contributed by atoms with Crippen LogP contribution in [0.4, 0.5) is 5.13 Å². The number of carbonyl (C=O) groups excluding carboxylic acids is 1. The summed E-state index contributed by atoms with van der Waals surface area (Å²) < 4.78 is 5.01. The fraction of sp³-hybridized carbons (Fsp3) is 0.227. The number of allylic oxidation sites excluding steroid dienone is 7. The van der Waals surface area contributed by atoms with E-state index in [0.29, 0.717) is 16.6 Å². The molecule has 0 saturated carbocycles. The highest BCUT2D eigenvalue weighted by Crippen LogP contribution is 2.30. The van der Waals surface area contributed by atoms with E-state index in [-0.39, 0.29) is 5.91 Å². The Morgan fingerprint density at radius 1 is 1.32 bits per heavy atom. The van der Waals surface area contributed by atoms with Gasteiger partial charge in [0.25, 0.3) is 5.91 Å². The molecule has 1 aliphatic rings. The minimum atomic E-state index is -0.259. The average Bonchev–Trinajstić information content (AvgIpc) is 3.15. The van der Waals surface area contributed by atoms with E-state index in [9.17, 15) is 4.79 Å². The highest BCUT2D eigenvalue weighted by atomic mass is 32.1. The third-order valence-corrected chi connectivity index (χ3v) is 5.16. The quantitative estimate of drug-likeness (QED) is 0.665. The van der Waals surface area contributed by atoms with Crippen molar-refractivity contribution in [1.29, 1.82) is 0 Å². The molecule has 28 heavy (non-hydrogen) atoms. The Balaban J connectivity index is 1.79. The minimum absolute atomic E-state index is 0.259. The zero-order valence-corrected chi connectivity index (χ0v) is 17.1. The van der Waals surface area contributed by atoms with Gasteiger partial charge in [-0.2, -0.15) is 0 Å². The molecule has 2 aromatic heterocycles. The number of carbonyl (C=O) groups is 1. The van der Waals surface area contributed by atoms with Crippen LogP contribution in [0.5, 0.6) is 5.88 Å². The molecule has 6 heteroatoms. The first-order valence-electron chi connectivity index (χ1n) is 9.00. The number of nitrogens with one attached hydrogen (secondary N) is 1. The van der Waals surface area contributed by atoms with Crippen molar-refractivity contribution in [2.45, 2.75) is 26.7 Å². The molecule has 3 rings (SSSR count). The van der Waals surface area contributed by atoms with Gasteiger partial charge in [-0.15, -0.1) is 11.3 Å². The number of methoxy groups -OCH3 is 1. The van der Waals surface area contributed by atoms with E-state index in [4.69, 9.17) is 4.74 Å². The lowest BCUT2D eigenvalue weighted by atomic mass is 9.94. The number of hydrogen-bond donors (Lipinski definition) is 1. The molecule has 0 saturated heterocycles. The summed E-state index contributed by atoms with van der Waals surface area (Å²) >= 11 is 1.38. The number of nitrogens with zero attached hydrogens (tertiary/aromatic N) is 2. The van der Waals surface area contributed by atoms with Gasteiger partial charge in [-0.25, -0.2) is 9.97 Å². The molecule has 0 aliphatic heterocycles. The molecule has 0 aromatic carbocycles. The van der Waals surface area contributed by atoms with Crippen LogP contribution in [0.3, 0.4) is 0 Å². The van der Waals surface area contributed by atoms with E-state index in [1.54, 1.807) is 12.1 Å². The molecule has 1 N–H and O–H groups in total. The van der Waals surface area contributed by atoms with Crippen molar-refractivity contribution in [3.63, 3.8) is 0 Å². The van der Waals surface area contributed by atoms with Gasteiger partial charge in [-0.1, -0.05) is 18.7 Å². The summed E-state index contributed by atoms with van der Waals surface area (Å²) in [5, 5.41) is 5.30. The van der Waals surface area contributed by atoms with E-state index in [1.165, 1.54) is 35.8 Å². The molecule has 0 fully saturated rings. The maximum absolute atomic E-state index is 12.4. The Labute approximate surface area is 169 Å². The van der Waals surface area contributed by atoms with Gasteiger partial charge in [0.2, 0.25) is 5.88 Å². The fourth-order valence-corrected chi connectivity index (χ4v) is 3.53. The van der Waals surface area contributed by atoms with Crippen LogP contribution in [0, 0.1) is 0 Å². The SMILES string of the molecule is C=C(C)/C(=C\C1=CCCC=C1C)c1csc(NC(=O)c2ccc(OC)nc2)n1. The lowest BCUT2D eigenvalue weighted by Crippen LogP contribution is -2.12. The third-order valence-electron chi connectivity index (χ3n) is 4.40. The number of aromatic nitrogens is 2. The molecule has 144 valence electrons. The Bertz CT molecular complexity index is 981. The lowest BCUT2D eigenvalue weighted by Gasteiger charge is -2.11. The van der Waals surface area contributed by atoms with Gasteiger partial charge < -0.3 is 4.74 Å². The molecular formula is C22H23N3O2S. The molecule has 1 amide bonds. The highest BCUT2D eigenvalue weighted by Gasteiger charge is 2.13. The smallest absolute Gasteiger partial charge is 0.259 e. The highest BCUT2D eigenvalue weighted by molar-refractivity contribution is 7.14. The van der Waals surface area contributed by atoms with E-state index in [2.05, 4.69) is 47.0 Å². The van der Waals surface area contributed by atoms with Crippen LogP contribution < -0.4 is 10.1 Å². The van der Waals surface area contributed by atoms with Gasteiger partial charge in [-0.3, -0.25) is 10.1 Å². The van der Waals surface area contributed by atoms with E-state index < -0.39 is 0 Å². The van der Waals surface area contributed by atoms with Crippen molar-refractivity contribution in [3.05, 3.63) is 76.5 Å². The summed E-state index contributed by atoms with van der Waals surface area (Å²) in [6.07, 6.45) is 10.2. The first-order chi connectivity index (χ1) is 13.5. The van der Waals surface area contributed by atoms with Crippen molar-refractivity contribution in [2.24, 2.45) is 0 Å². The first-order valence-corrected chi connectivity index (χ1v) is 9.88. The third kappa shape index (κ3) is 4.64. The van der Waals surface area contributed by atoms with Gasteiger partial charge in [0.05, 0.1) is 18.4 Å². The molecule has 0 spiro atoms. The van der Waals surface area contributed by atoms with Crippen LogP contribution in [0.25, 0.3) is 5.57 Å². The van der Waals surface area contributed by atoms with Crippen LogP contribution in [0.2, 0.25) is 0 Å². The molecule has 1 aliphatic carbocycles. The number of anilines is 1. The van der Waals surface area contributed by atoms with Gasteiger partial charge in [0.1, 0.15) is 0 Å². The zero-order chi connectivity index (χ0) is 20.1. The molecular weight excluding hydrogens is 370 g/mol. The Kier molecular flexibility index (Phi) is 6.21. The van der Waals surface area contributed by atoms with Crippen molar-refractivity contribution >= 4 is 27.9 Å². The van der Waals surface area contributed by atoms with Gasteiger partial charge >= 0.3 is 0 Å². The van der Waals surface area contributed by atoms with Gasteiger partial charge in [0, 0.05) is 23.2 Å². The maximum Gasteiger partial charge on any atom is 0.259 e. The van der Waals surface area contributed by atoms with Crippen LogP contribution in [0.1, 0.15) is 42.7 Å². The summed E-state index contributed by atoms with van der Waals surface area (Å²) in [7, 11) is 1.53. The second-order valence-corrected chi connectivity index (χ2v) is 7.40. The maximum atomic E-state index is 12.4. The predicted molar refractivity (Wildman–Crippen MR) is 115 cm³/mol. The predicted octanol–water partition coefficient (Wildman–Crippen LogP) is 5.43. The summed E-state index contributed by atoms with van der Waals surface area (Å²) in [4.78, 5) is 21.1. The van der Waals surface area contributed by atoms with Crippen molar-refractivity contribution in [3.8, 4) is 5.88 Å². The van der Waals surface area contributed by atoms with Crippen LogP contribution in [-0.4, -0.2) is 23.0 Å². The second kappa shape index (κ2) is 8.80. The lowest BCUT2D eigenvalue weighted by molar-refractivity contribution is 0.102. The number of ether oxygens (including phenoxy) is 1. The number of rotatable bonds is 6. The topological polar surface area (TPSA) is 64.1 Å². The van der Waals surface area contributed by atoms with Crippen molar-refractivity contribution in [2.75, 3.05) is 12.4 Å². The first kappa shape index (κ1) is 19.8. The van der Waals surface area contributed by atoms with Crippen molar-refractivity contribution in [1.82, 2.24) is 9.97 Å². The number of pyridine rings is 1. The number of hydrogen-bond acceptors (Lipinski definition) is 5. The number of amides is 1. The van der Waals surface area contributed by atoms with Gasteiger partial charge in [-0.05, 0) is 55.6 Å². The normalized spacial score (nSPS) is 14.2. The molecule has 2 heterocycles.